The third kappa shape index (κ3) is 4.19. The van der Waals surface area contributed by atoms with Crippen LogP contribution in [0.2, 0.25) is 0 Å². The fraction of sp³-hybridized carbons (Fsp3) is 0.556. The number of thiocarbonyl (C=S) groups is 1. The molecule has 1 aromatic carbocycles. The van der Waals surface area contributed by atoms with Crippen LogP contribution in [0, 0.1) is 0 Å². The number of carbonyl (C=O) groups excluding carboxylic acids is 1. The second kappa shape index (κ2) is 8.55. The van der Waals surface area contributed by atoms with Gasteiger partial charge in [0.1, 0.15) is 6.10 Å². The maximum Gasteiger partial charge on any atom is 0.251 e. The highest BCUT2D eigenvalue weighted by molar-refractivity contribution is 7.80. The zero-order chi connectivity index (χ0) is 18.5. The molecule has 1 unspecified atom stereocenters. The fourth-order valence-electron chi connectivity index (χ4n) is 3.22. The van der Waals surface area contributed by atoms with Crippen LogP contribution < -0.4 is 14.8 Å². The van der Waals surface area contributed by atoms with Gasteiger partial charge >= 0.3 is 0 Å². The van der Waals surface area contributed by atoms with Crippen molar-refractivity contribution in [2.75, 3.05) is 52.3 Å². The molecule has 1 amide bonds. The van der Waals surface area contributed by atoms with Crippen LogP contribution in [-0.2, 0) is 9.53 Å². The number of hydrogen-bond donors (Lipinski definition) is 1. The first-order valence-corrected chi connectivity index (χ1v) is 9.21. The maximum atomic E-state index is 12.4. The van der Waals surface area contributed by atoms with Gasteiger partial charge < -0.3 is 29.3 Å². The zero-order valence-electron chi connectivity index (χ0n) is 15.2. The van der Waals surface area contributed by atoms with Crippen molar-refractivity contribution in [1.82, 2.24) is 9.80 Å². The van der Waals surface area contributed by atoms with Crippen LogP contribution in [0.3, 0.4) is 0 Å². The number of nitrogens with one attached hydrogen (secondary N) is 1. The number of amides is 1. The Kier molecular flexibility index (Phi) is 6.16. The first-order chi connectivity index (χ1) is 12.6. The molecular formula is C18H25N3O4S. The van der Waals surface area contributed by atoms with Gasteiger partial charge in [-0.3, -0.25) is 4.79 Å². The lowest BCUT2D eigenvalue weighted by molar-refractivity contribution is -0.142. The van der Waals surface area contributed by atoms with E-state index in [0.29, 0.717) is 49.4 Å². The highest BCUT2D eigenvalue weighted by Crippen LogP contribution is 2.29. The number of hydrogen-bond acceptors (Lipinski definition) is 5. The van der Waals surface area contributed by atoms with Crippen molar-refractivity contribution >= 4 is 28.9 Å². The van der Waals surface area contributed by atoms with Gasteiger partial charge in [-0.25, -0.2) is 0 Å². The van der Waals surface area contributed by atoms with E-state index in [1.165, 1.54) is 0 Å². The Morgan fingerprint density at radius 2 is 1.85 bits per heavy atom. The van der Waals surface area contributed by atoms with E-state index < -0.39 is 0 Å². The van der Waals surface area contributed by atoms with Crippen molar-refractivity contribution < 1.29 is 19.0 Å². The molecule has 2 aliphatic rings. The van der Waals surface area contributed by atoms with E-state index >= 15 is 0 Å². The van der Waals surface area contributed by atoms with Crippen molar-refractivity contribution in [3.8, 4) is 11.5 Å². The molecule has 0 spiro atoms. The first-order valence-electron chi connectivity index (χ1n) is 8.80. The Bertz CT molecular complexity index is 656. The highest BCUT2D eigenvalue weighted by atomic mass is 32.1. The number of carbonyl (C=O) groups is 1. The topological polar surface area (TPSA) is 63.3 Å². The lowest BCUT2D eigenvalue weighted by Crippen LogP contribution is -2.53. The molecule has 3 rings (SSSR count). The van der Waals surface area contributed by atoms with Gasteiger partial charge in [0.15, 0.2) is 16.6 Å². The van der Waals surface area contributed by atoms with E-state index in [4.69, 9.17) is 26.4 Å². The highest BCUT2D eigenvalue weighted by Gasteiger charge is 2.30. The summed E-state index contributed by atoms with van der Waals surface area (Å²) in [6.45, 7) is 3.42. The van der Waals surface area contributed by atoms with Crippen LogP contribution in [-0.4, -0.2) is 73.9 Å². The quantitative estimate of drug-likeness (QED) is 0.799. The van der Waals surface area contributed by atoms with Gasteiger partial charge in [0, 0.05) is 44.5 Å². The standard InChI is InChI=1S/C18H25N3O4S/c1-23-14-6-5-13(12-16(14)24-2)19-18(26)21-9-7-20(8-10-21)17(22)15-4-3-11-25-15/h5-6,12,15H,3-4,7-11H2,1-2H3,(H,19,26). The van der Waals surface area contributed by atoms with Gasteiger partial charge in [0.25, 0.3) is 5.91 Å². The molecule has 0 aliphatic carbocycles. The van der Waals surface area contributed by atoms with Crippen LogP contribution >= 0.6 is 12.2 Å². The Hall–Kier alpha value is -2.06. The molecule has 0 radical (unpaired) electrons. The van der Waals surface area contributed by atoms with Gasteiger partial charge in [-0.2, -0.15) is 0 Å². The summed E-state index contributed by atoms with van der Waals surface area (Å²) in [6, 6.07) is 5.58. The summed E-state index contributed by atoms with van der Waals surface area (Å²) in [7, 11) is 3.21. The SMILES string of the molecule is COc1ccc(NC(=S)N2CCN(C(=O)C3CCCO3)CC2)cc1OC. The van der Waals surface area contributed by atoms with Crippen molar-refractivity contribution in [3.05, 3.63) is 18.2 Å². The average molecular weight is 379 g/mol. The molecule has 0 saturated carbocycles. The Balaban J connectivity index is 1.53. The van der Waals surface area contributed by atoms with Gasteiger partial charge in [0.05, 0.1) is 14.2 Å². The van der Waals surface area contributed by atoms with Gasteiger partial charge in [-0.15, -0.1) is 0 Å². The molecule has 142 valence electrons. The predicted molar refractivity (Wildman–Crippen MR) is 103 cm³/mol. The first kappa shape index (κ1) is 18.7. The van der Waals surface area contributed by atoms with Gasteiger partial charge in [-0.1, -0.05) is 0 Å². The summed E-state index contributed by atoms with van der Waals surface area (Å²) in [5, 5.41) is 3.87. The number of nitrogens with zero attached hydrogens (tertiary/aromatic N) is 2. The lowest BCUT2D eigenvalue weighted by Gasteiger charge is -2.37. The third-order valence-corrected chi connectivity index (χ3v) is 5.08. The van der Waals surface area contributed by atoms with E-state index in [1.54, 1.807) is 14.2 Å². The minimum atomic E-state index is -0.251. The van der Waals surface area contributed by atoms with E-state index in [2.05, 4.69) is 10.2 Å². The average Bonchev–Trinajstić information content (AvgIpc) is 3.22. The summed E-state index contributed by atoms with van der Waals surface area (Å²) >= 11 is 5.52. The van der Waals surface area contributed by atoms with E-state index in [9.17, 15) is 4.79 Å². The molecular weight excluding hydrogens is 354 g/mol. The second-order valence-electron chi connectivity index (χ2n) is 6.31. The summed E-state index contributed by atoms with van der Waals surface area (Å²) in [6.07, 6.45) is 1.55. The Morgan fingerprint density at radius 1 is 1.15 bits per heavy atom. The largest absolute Gasteiger partial charge is 0.493 e. The molecule has 2 aliphatic heterocycles. The molecule has 7 nitrogen and oxygen atoms in total. The summed E-state index contributed by atoms with van der Waals surface area (Å²) in [5.41, 5.74) is 0.838. The van der Waals surface area contributed by atoms with Crippen molar-refractivity contribution in [2.45, 2.75) is 18.9 Å². The molecule has 8 heteroatoms. The number of piperazine rings is 1. The minimum Gasteiger partial charge on any atom is -0.493 e. The predicted octanol–water partition coefficient (Wildman–Crippen LogP) is 1.72. The summed E-state index contributed by atoms with van der Waals surface area (Å²) < 4.78 is 16.1. The molecule has 1 N–H and O–H groups in total. The van der Waals surface area contributed by atoms with Gasteiger partial charge in [-0.05, 0) is 37.2 Å². The van der Waals surface area contributed by atoms with Crippen LogP contribution in [0.4, 0.5) is 5.69 Å². The molecule has 26 heavy (non-hydrogen) atoms. The van der Waals surface area contributed by atoms with Gasteiger partial charge in [0.2, 0.25) is 0 Å². The van der Waals surface area contributed by atoms with Crippen LogP contribution in [0.25, 0.3) is 0 Å². The molecule has 2 fully saturated rings. The maximum absolute atomic E-state index is 12.4. The fourth-order valence-corrected chi connectivity index (χ4v) is 3.52. The summed E-state index contributed by atoms with van der Waals surface area (Å²) in [4.78, 5) is 16.4. The smallest absolute Gasteiger partial charge is 0.251 e. The zero-order valence-corrected chi connectivity index (χ0v) is 16.0. The normalized spacial score (nSPS) is 20.0. The van der Waals surface area contributed by atoms with E-state index in [1.807, 2.05) is 23.1 Å². The monoisotopic (exact) mass is 379 g/mol. The third-order valence-electron chi connectivity index (χ3n) is 4.72. The minimum absolute atomic E-state index is 0.112. The van der Waals surface area contributed by atoms with Crippen molar-refractivity contribution in [1.29, 1.82) is 0 Å². The van der Waals surface area contributed by atoms with E-state index in [-0.39, 0.29) is 12.0 Å². The number of anilines is 1. The van der Waals surface area contributed by atoms with Crippen LogP contribution in [0.5, 0.6) is 11.5 Å². The lowest BCUT2D eigenvalue weighted by atomic mass is 10.2. The molecule has 1 atom stereocenters. The summed E-state index contributed by atoms with van der Waals surface area (Å²) in [5.74, 6) is 1.43. The van der Waals surface area contributed by atoms with Crippen molar-refractivity contribution in [3.63, 3.8) is 0 Å². The Morgan fingerprint density at radius 3 is 2.46 bits per heavy atom. The second-order valence-corrected chi connectivity index (χ2v) is 6.70. The molecule has 1 aromatic rings. The number of rotatable bonds is 4. The van der Waals surface area contributed by atoms with Crippen LogP contribution in [0.15, 0.2) is 18.2 Å². The number of benzene rings is 1. The molecule has 2 heterocycles. The van der Waals surface area contributed by atoms with Crippen molar-refractivity contribution in [2.24, 2.45) is 0 Å². The number of ether oxygens (including phenoxy) is 3. The molecule has 0 bridgehead atoms. The molecule has 0 aromatic heterocycles. The Labute approximate surface area is 159 Å². The molecule has 2 saturated heterocycles. The number of methoxy groups -OCH3 is 2. The van der Waals surface area contributed by atoms with E-state index in [0.717, 1.165) is 18.5 Å². The van der Waals surface area contributed by atoms with Crippen LogP contribution in [0.1, 0.15) is 12.8 Å².